The first-order valence-corrected chi connectivity index (χ1v) is 5.87. The number of hydrogen-bond acceptors (Lipinski definition) is 6. The van der Waals surface area contributed by atoms with Crippen LogP contribution in [0.4, 0.5) is 5.69 Å². The van der Waals surface area contributed by atoms with E-state index >= 15 is 0 Å². The smallest absolute Gasteiger partial charge is 0.359 e. The quantitative estimate of drug-likeness (QED) is 0.814. The topological polar surface area (TPSA) is 95.9 Å². The van der Waals surface area contributed by atoms with Gasteiger partial charge in [0.2, 0.25) is 0 Å². The van der Waals surface area contributed by atoms with Crippen LogP contribution in [0.25, 0.3) is 0 Å². The minimum Gasteiger partial charge on any atom is -0.453 e. The number of nitrogens with zero attached hydrogens (tertiary/aromatic N) is 4. The Morgan fingerprint density at radius 3 is 2.68 bits per heavy atom. The van der Waals surface area contributed by atoms with Crippen LogP contribution in [0.1, 0.15) is 28.9 Å². The van der Waals surface area contributed by atoms with E-state index in [9.17, 15) is 4.79 Å². The molecule has 0 aliphatic rings. The van der Waals surface area contributed by atoms with Crippen LogP contribution in [-0.4, -0.2) is 25.7 Å². The maximum Gasteiger partial charge on any atom is 0.359 e. The molecule has 2 N–H and O–H groups in total. The van der Waals surface area contributed by atoms with Crippen LogP contribution in [0.2, 0.25) is 0 Å². The third-order valence-electron chi connectivity index (χ3n) is 2.64. The van der Waals surface area contributed by atoms with E-state index in [1.165, 1.54) is 4.68 Å². The van der Waals surface area contributed by atoms with Crippen LogP contribution in [-0.2, 0) is 24.8 Å². The lowest BCUT2D eigenvalue weighted by Crippen LogP contribution is -2.13. The summed E-state index contributed by atoms with van der Waals surface area (Å²) < 4.78 is 6.56. The normalized spacial score (nSPS) is 10.4. The SMILES string of the molecule is CCc1nn(C)c(C(=O)OCc2ncccn2)c1N. The molecule has 0 aromatic carbocycles. The zero-order valence-corrected chi connectivity index (χ0v) is 10.8. The molecule has 0 bridgehead atoms. The summed E-state index contributed by atoms with van der Waals surface area (Å²) in [5, 5.41) is 4.16. The molecule has 0 radical (unpaired) electrons. The Bertz CT molecular complexity index is 579. The number of rotatable bonds is 4. The number of aromatic nitrogens is 4. The van der Waals surface area contributed by atoms with Crippen molar-refractivity contribution in [2.75, 3.05) is 5.73 Å². The fourth-order valence-corrected chi connectivity index (χ4v) is 1.70. The summed E-state index contributed by atoms with van der Waals surface area (Å²) in [6.45, 7) is 1.93. The van der Waals surface area contributed by atoms with E-state index in [0.717, 1.165) is 0 Å². The second kappa shape index (κ2) is 5.47. The molecule has 100 valence electrons. The van der Waals surface area contributed by atoms with Crippen molar-refractivity contribution in [3.63, 3.8) is 0 Å². The number of anilines is 1. The minimum absolute atomic E-state index is 0.00571. The summed E-state index contributed by atoms with van der Waals surface area (Å²) >= 11 is 0. The highest BCUT2D eigenvalue weighted by Crippen LogP contribution is 2.18. The minimum atomic E-state index is -0.528. The van der Waals surface area contributed by atoms with Gasteiger partial charge in [-0.2, -0.15) is 5.10 Å². The Balaban J connectivity index is 2.10. The number of esters is 1. The molecule has 0 atom stereocenters. The lowest BCUT2D eigenvalue weighted by Gasteiger charge is -2.04. The highest BCUT2D eigenvalue weighted by Gasteiger charge is 2.20. The largest absolute Gasteiger partial charge is 0.453 e. The van der Waals surface area contributed by atoms with Crippen LogP contribution < -0.4 is 5.73 Å². The summed E-state index contributed by atoms with van der Waals surface area (Å²) in [6.07, 6.45) is 3.84. The molecule has 7 nitrogen and oxygen atoms in total. The van der Waals surface area contributed by atoms with Gasteiger partial charge in [-0.3, -0.25) is 4.68 Å². The maximum atomic E-state index is 12.0. The summed E-state index contributed by atoms with van der Waals surface area (Å²) in [6, 6.07) is 1.69. The monoisotopic (exact) mass is 261 g/mol. The lowest BCUT2D eigenvalue weighted by atomic mass is 10.2. The summed E-state index contributed by atoms with van der Waals surface area (Å²) in [5.41, 5.74) is 7.18. The van der Waals surface area contributed by atoms with Gasteiger partial charge in [0.05, 0.1) is 11.4 Å². The van der Waals surface area contributed by atoms with Gasteiger partial charge in [0, 0.05) is 19.4 Å². The summed E-state index contributed by atoms with van der Waals surface area (Å²) in [4.78, 5) is 19.9. The highest BCUT2D eigenvalue weighted by molar-refractivity contribution is 5.93. The molecule has 0 fully saturated rings. The third kappa shape index (κ3) is 2.70. The van der Waals surface area contributed by atoms with E-state index in [2.05, 4.69) is 15.1 Å². The number of ether oxygens (including phenoxy) is 1. The number of carbonyl (C=O) groups is 1. The molecule has 7 heteroatoms. The maximum absolute atomic E-state index is 12.0. The second-order valence-corrected chi connectivity index (χ2v) is 3.93. The Labute approximate surface area is 110 Å². The van der Waals surface area contributed by atoms with E-state index < -0.39 is 5.97 Å². The van der Waals surface area contributed by atoms with Crippen molar-refractivity contribution in [1.29, 1.82) is 0 Å². The van der Waals surface area contributed by atoms with Crippen molar-refractivity contribution >= 4 is 11.7 Å². The molecule has 2 aromatic heterocycles. The van der Waals surface area contributed by atoms with Crippen LogP contribution in [0.15, 0.2) is 18.5 Å². The molecular weight excluding hydrogens is 246 g/mol. The zero-order valence-electron chi connectivity index (χ0n) is 10.8. The van der Waals surface area contributed by atoms with Gasteiger partial charge in [-0.05, 0) is 12.5 Å². The molecule has 2 rings (SSSR count). The van der Waals surface area contributed by atoms with Gasteiger partial charge in [-0.1, -0.05) is 6.92 Å². The summed E-state index contributed by atoms with van der Waals surface area (Å²) in [7, 11) is 1.66. The molecule has 19 heavy (non-hydrogen) atoms. The van der Waals surface area contributed by atoms with E-state index in [1.807, 2.05) is 6.92 Å². The zero-order chi connectivity index (χ0) is 13.8. The molecule has 0 unspecified atom stereocenters. The van der Waals surface area contributed by atoms with Crippen molar-refractivity contribution in [3.05, 3.63) is 35.7 Å². The first-order chi connectivity index (χ1) is 9.13. The number of hydrogen-bond donors (Lipinski definition) is 1. The average molecular weight is 261 g/mol. The first-order valence-electron chi connectivity index (χ1n) is 5.87. The first kappa shape index (κ1) is 13.0. The molecular formula is C12H15N5O2. The van der Waals surface area contributed by atoms with Crippen LogP contribution in [0.5, 0.6) is 0 Å². The molecule has 2 heterocycles. The number of carbonyl (C=O) groups excluding carboxylic acids is 1. The molecule has 0 spiro atoms. The van der Waals surface area contributed by atoms with Gasteiger partial charge in [-0.25, -0.2) is 14.8 Å². The Hall–Kier alpha value is -2.44. The summed E-state index contributed by atoms with van der Waals surface area (Å²) in [5.74, 6) is -0.0908. The predicted molar refractivity (Wildman–Crippen MR) is 68.1 cm³/mol. The van der Waals surface area contributed by atoms with E-state index in [4.69, 9.17) is 10.5 Å². The number of nitrogen functional groups attached to an aromatic ring is 1. The molecule has 0 saturated heterocycles. The molecule has 0 aliphatic carbocycles. The van der Waals surface area contributed by atoms with Crippen LogP contribution in [0.3, 0.4) is 0 Å². The molecule has 0 aliphatic heterocycles. The Morgan fingerprint density at radius 1 is 1.42 bits per heavy atom. The van der Waals surface area contributed by atoms with Crippen LogP contribution >= 0.6 is 0 Å². The standard InChI is InChI=1S/C12H15N5O2/c1-3-8-10(13)11(17(2)16-8)12(18)19-7-9-14-5-4-6-15-9/h4-6H,3,7,13H2,1-2H3. The van der Waals surface area contributed by atoms with Crippen molar-refractivity contribution < 1.29 is 9.53 Å². The third-order valence-corrected chi connectivity index (χ3v) is 2.64. The highest BCUT2D eigenvalue weighted by atomic mass is 16.5. The van der Waals surface area contributed by atoms with Crippen molar-refractivity contribution in [2.45, 2.75) is 20.0 Å². The Morgan fingerprint density at radius 2 is 2.11 bits per heavy atom. The lowest BCUT2D eigenvalue weighted by molar-refractivity contribution is 0.0450. The van der Waals surface area contributed by atoms with Crippen molar-refractivity contribution in [2.24, 2.45) is 7.05 Å². The van der Waals surface area contributed by atoms with Crippen LogP contribution in [0, 0.1) is 0 Å². The van der Waals surface area contributed by atoms with Crippen molar-refractivity contribution in [3.8, 4) is 0 Å². The molecule has 0 saturated carbocycles. The van der Waals surface area contributed by atoms with Gasteiger partial charge in [0.15, 0.2) is 18.1 Å². The predicted octanol–water partition coefficient (Wildman–Crippen LogP) is 0.712. The van der Waals surface area contributed by atoms with E-state index in [0.29, 0.717) is 23.6 Å². The van der Waals surface area contributed by atoms with Gasteiger partial charge in [0.25, 0.3) is 0 Å². The van der Waals surface area contributed by atoms with E-state index in [1.54, 1.807) is 25.5 Å². The van der Waals surface area contributed by atoms with E-state index in [-0.39, 0.29) is 12.3 Å². The molecule has 2 aromatic rings. The fraction of sp³-hybridized carbons (Fsp3) is 0.333. The number of aryl methyl sites for hydroxylation is 2. The fourth-order valence-electron chi connectivity index (χ4n) is 1.70. The van der Waals surface area contributed by atoms with Gasteiger partial charge in [-0.15, -0.1) is 0 Å². The van der Waals surface area contributed by atoms with Gasteiger partial charge < -0.3 is 10.5 Å². The van der Waals surface area contributed by atoms with Gasteiger partial charge >= 0.3 is 5.97 Å². The second-order valence-electron chi connectivity index (χ2n) is 3.93. The van der Waals surface area contributed by atoms with Crippen molar-refractivity contribution in [1.82, 2.24) is 19.7 Å². The Kier molecular flexibility index (Phi) is 3.74. The molecule has 0 amide bonds. The average Bonchev–Trinajstić information content (AvgIpc) is 2.72. The number of nitrogens with two attached hydrogens (primary N) is 1. The van der Waals surface area contributed by atoms with Gasteiger partial charge in [0.1, 0.15) is 0 Å².